The van der Waals surface area contributed by atoms with Gasteiger partial charge >= 0.3 is 0 Å². The largest absolute Gasteiger partial charge is 0.283 e. The Kier molecular flexibility index (Phi) is 5.29. The molecule has 5 heteroatoms. The van der Waals surface area contributed by atoms with Crippen LogP contribution in [0.3, 0.4) is 0 Å². The zero-order chi connectivity index (χ0) is 16.8. The van der Waals surface area contributed by atoms with Gasteiger partial charge in [0.1, 0.15) is 0 Å². The van der Waals surface area contributed by atoms with Crippen molar-refractivity contribution in [2.75, 3.05) is 5.75 Å². The van der Waals surface area contributed by atoms with Gasteiger partial charge in [-0.05, 0) is 24.1 Å². The molecule has 3 rings (SSSR count). The molecular weight excluding hydrogens is 318 g/mol. The van der Waals surface area contributed by atoms with Crippen LogP contribution in [0.4, 0.5) is 0 Å². The molecule has 2 aromatic carbocycles. The van der Waals surface area contributed by atoms with Crippen molar-refractivity contribution in [2.45, 2.75) is 24.5 Å². The Morgan fingerprint density at radius 2 is 1.83 bits per heavy atom. The fourth-order valence-corrected chi connectivity index (χ4v) is 3.42. The number of thioether (sulfide) groups is 1. The van der Waals surface area contributed by atoms with E-state index in [4.69, 9.17) is 5.26 Å². The van der Waals surface area contributed by atoms with E-state index in [1.54, 1.807) is 4.57 Å². The van der Waals surface area contributed by atoms with Crippen LogP contribution < -0.4 is 5.56 Å². The molecule has 0 radical (unpaired) electrons. The van der Waals surface area contributed by atoms with E-state index in [1.807, 2.05) is 54.6 Å². The molecule has 3 aromatic rings. The van der Waals surface area contributed by atoms with E-state index in [-0.39, 0.29) is 5.56 Å². The Balaban J connectivity index is 2.01. The van der Waals surface area contributed by atoms with Crippen molar-refractivity contribution in [2.24, 2.45) is 0 Å². The second kappa shape index (κ2) is 7.80. The summed E-state index contributed by atoms with van der Waals surface area (Å²) >= 11 is 1.54. The van der Waals surface area contributed by atoms with Crippen LogP contribution in [0.25, 0.3) is 10.9 Å². The van der Waals surface area contributed by atoms with Crippen LogP contribution in [-0.4, -0.2) is 15.3 Å². The van der Waals surface area contributed by atoms with Gasteiger partial charge < -0.3 is 0 Å². The number of hydrogen-bond donors (Lipinski definition) is 0. The summed E-state index contributed by atoms with van der Waals surface area (Å²) in [7, 11) is 0. The van der Waals surface area contributed by atoms with Crippen molar-refractivity contribution in [3.63, 3.8) is 0 Å². The number of nitrogens with zero attached hydrogens (tertiary/aromatic N) is 3. The molecule has 0 amide bonds. The van der Waals surface area contributed by atoms with E-state index in [9.17, 15) is 4.79 Å². The highest BCUT2D eigenvalue weighted by Gasteiger charge is 2.11. The van der Waals surface area contributed by atoms with Crippen molar-refractivity contribution in [3.8, 4) is 6.07 Å². The van der Waals surface area contributed by atoms with Crippen LogP contribution in [-0.2, 0) is 6.54 Å². The third-order valence-corrected chi connectivity index (χ3v) is 4.74. The maximum absolute atomic E-state index is 12.9. The molecule has 0 atom stereocenters. The SMILES string of the molecule is N#CCCCSc1nc2ccccc2c(=O)n1Cc1ccccc1. The highest BCUT2D eigenvalue weighted by molar-refractivity contribution is 7.99. The number of unbranched alkanes of at least 4 members (excludes halogenated alkanes) is 1. The van der Waals surface area contributed by atoms with E-state index in [0.29, 0.717) is 23.5 Å². The molecule has 0 saturated carbocycles. The summed E-state index contributed by atoms with van der Waals surface area (Å²) in [6, 6.07) is 19.5. The van der Waals surface area contributed by atoms with Gasteiger partial charge in [0.2, 0.25) is 0 Å². The smallest absolute Gasteiger partial charge is 0.262 e. The van der Waals surface area contributed by atoms with Crippen LogP contribution in [0, 0.1) is 11.3 Å². The van der Waals surface area contributed by atoms with Crippen molar-refractivity contribution in [3.05, 3.63) is 70.5 Å². The van der Waals surface area contributed by atoms with Gasteiger partial charge in [-0.3, -0.25) is 9.36 Å². The Hall–Kier alpha value is -2.58. The molecular formula is C19H17N3OS. The van der Waals surface area contributed by atoms with Crippen LogP contribution in [0.1, 0.15) is 18.4 Å². The summed E-state index contributed by atoms with van der Waals surface area (Å²) in [6.45, 7) is 0.498. The zero-order valence-corrected chi connectivity index (χ0v) is 14.0. The standard InChI is InChI=1S/C19H17N3OS/c20-12-6-7-13-24-19-21-17-11-5-4-10-16(17)18(23)22(19)14-15-8-2-1-3-9-15/h1-5,8-11H,6-7,13-14H2. The van der Waals surface area contributed by atoms with Crippen molar-refractivity contribution < 1.29 is 0 Å². The first-order valence-corrected chi connectivity index (χ1v) is 8.81. The predicted octanol–water partition coefficient (Wildman–Crippen LogP) is 3.84. The van der Waals surface area contributed by atoms with Crippen molar-refractivity contribution in [1.29, 1.82) is 5.26 Å². The minimum absolute atomic E-state index is 0.0211. The van der Waals surface area contributed by atoms with Gasteiger partial charge in [0.05, 0.1) is 23.5 Å². The highest BCUT2D eigenvalue weighted by atomic mass is 32.2. The number of para-hydroxylation sites is 1. The van der Waals surface area contributed by atoms with Crippen LogP contribution in [0.2, 0.25) is 0 Å². The second-order valence-corrected chi connectivity index (χ2v) is 6.46. The average molecular weight is 335 g/mol. The number of aromatic nitrogens is 2. The first kappa shape index (κ1) is 16.3. The lowest BCUT2D eigenvalue weighted by Crippen LogP contribution is -2.24. The number of benzene rings is 2. The third-order valence-electron chi connectivity index (χ3n) is 3.67. The van der Waals surface area contributed by atoms with Crippen molar-refractivity contribution >= 4 is 22.7 Å². The third kappa shape index (κ3) is 3.66. The minimum atomic E-state index is -0.0211. The Labute approximate surface area is 144 Å². The summed E-state index contributed by atoms with van der Waals surface area (Å²) < 4.78 is 1.73. The molecule has 0 aliphatic rings. The van der Waals surface area contributed by atoms with Crippen LogP contribution >= 0.6 is 11.8 Å². The van der Waals surface area contributed by atoms with E-state index < -0.39 is 0 Å². The van der Waals surface area contributed by atoms with Gasteiger partial charge in [0.15, 0.2) is 5.16 Å². The molecule has 0 aliphatic heterocycles. The fraction of sp³-hybridized carbons (Fsp3) is 0.211. The van der Waals surface area contributed by atoms with Crippen molar-refractivity contribution in [1.82, 2.24) is 9.55 Å². The molecule has 0 unspecified atom stereocenters. The zero-order valence-electron chi connectivity index (χ0n) is 13.2. The van der Waals surface area contributed by atoms with Gasteiger partial charge in [-0.1, -0.05) is 54.2 Å². The normalized spacial score (nSPS) is 10.6. The lowest BCUT2D eigenvalue weighted by molar-refractivity contribution is 0.658. The fourth-order valence-electron chi connectivity index (χ4n) is 2.48. The highest BCUT2D eigenvalue weighted by Crippen LogP contribution is 2.20. The molecule has 0 aliphatic carbocycles. The maximum atomic E-state index is 12.9. The van der Waals surface area contributed by atoms with E-state index in [2.05, 4.69) is 11.1 Å². The molecule has 0 fully saturated rings. The number of rotatable bonds is 6. The molecule has 24 heavy (non-hydrogen) atoms. The Bertz CT molecular complexity index is 929. The average Bonchev–Trinajstić information content (AvgIpc) is 2.62. The summed E-state index contributed by atoms with van der Waals surface area (Å²) in [5, 5.41) is 10.0. The maximum Gasteiger partial charge on any atom is 0.262 e. The topological polar surface area (TPSA) is 58.7 Å². The first-order valence-electron chi connectivity index (χ1n) is 7.83. The number of hydrogen-bond acceptors (Lipinski definition) is 4. The summed E-state index contributed by atoms with van der Waals surface area (Å²) in [6.07, 6.45) is 1.30. The summed E-state index contributed by atoms with van der Waals surface area (Å²) in [4.78, 5) is 17.6. The molecule has 120 valence electrons. The molecule has 0 saturated heterocycles. The monoisotopic (exact) mass is 335 g/mol. The molecule has 0 spiro atoms. The van der Waals surface area contributed by atoms with Crippen LogP contribution in [0.15, 0.2) is 64.5 Å². The minimum Gasteiger partial charge on any atom is -0.283 e. The second-order valence-electron chi connectivity index (χ2n) is 5.40. The molecule has 0 N–H and O–H groups in total. The Morgan fingerprint density at radius 3 is 2.62 bits per heavy atom. The quantitative estimate of drug-likeness (QED) is 0.390. The lowest BCUT2D eigenvalue weighted by Gasteiger charge is -2.13. The van der Waals surface area contributed by atoms with Gasteiger partial charge in [0, 0.05) is 12.2 Å². The number of nitriles is 1. The first-order chi connectivity index (χ1) is 11.8. The molecule has 4 nitrogen and oxygen atoms in total. The molecule has 0 bridgehead atoms. The predicted molar refractivity (Wildman–Crippen MR) is 97.1 cm³/mol. The number of fused-ring (bicyclic) bond motifs is 1. The molecule has 1 heterocycles. The van der Waals surface area contributed by atoms with E-state index >= 15 is 0 Å². The van der Waals surface area contributed by atoms with Gasteiger partial charge in [-0.15, -0.1) is 0 Å². The van der Waals surface area contributed by atoms with E-state index in [0.717, 1.165) is 23.3 Å². The van der Waals surface area contributed by atoms with Gasteiger partial charge in [-0.2, -0.15) is 5.26 Å². The van der Waals surface area contributed by atoms with E-state index in [1.165, 1.54) is 11.8 Å². The summed E-state index contributed by atoms with van der Waals surface area (Å²) in [5.41, 5.74) is 1.76. The molecule has 1 aromatic heterocycles. The lowest BCUT2D eigenvalue weighted by atomic mass is 10.2. The Morgan fingerprint density at radius 1 is 1.08 bits per heavy atom. The summed E-state index contributed by atoms with van der Waals surface area (Å²) in [5.74, 6) is 0.771. The van der Waals surface area contributed by atoms with Gasteiger partial charge in [0.25, 0.3) is 5.56 Å². The van der Waals surface area contributed by atoms with Crippen LogP contribution in [0.5, 0.6) is 0 Å². The van der Waals surface area contributed by atoms with Gasteiger partial charge in [-0.25, -0.2) is 4.98 Å².